The molecule has 0 bridgehead atoms. The van der Waals surface area contributed by atoms with Crippen molar-refractivity contribution in [1.29, 1.82) is 0 Å². The van der Waals surface area contributed by atoms with Crippen LogP contribution in [0.5, 0.6) is 0 Å². The maximum absolute atomic E-state index is 13.5. The summed E-state index contributed by atoms with van der Waals surface area (Å²) in [5.74, 6) is -1.36. The first-order chi connectivity index (χ1) is 11.5. The van der Waals surface area contributed by atoms with Gasteiger partial charge < -0.3 is 5.32 Å². The van der Waals surface area contributed by atoms with E-state index in [1.165, 1.54) is 0 Å². The van der Waals surface area contributed by atoms with Crippen LogP contribution in [-0.2, 0) is 6.54 Å². The molecule has 122 valence electrons. The smallest absolute Gasteiger partial charge is 0.254 e. The molecule has 0 saturated carbocycles. The monoisotopic (exact) mass is 328 g/mol. The van der Waals surface area contributed by atoms with Crippen LogP contribution < -0.4 is 5.32 Å². The molecule has 0 unspecified atom stereocenters. The summed E-state index contributed by atoms with van der Waals surface area (Å²) in [5, 5.41) is 9.32. The molecule has 5 nitrogen and oxygen atoms in total. The molecule has 3 rings (SSSR count). The molecule has 0 radical (unpaired) electrons. The zero-order valence-electron chi connectivity index (χ0n) is 12.8. The molecule has 2 N–H and O–H groups in total. The molecule has 0 aliphatic carbocycles. The number of rotatable bonds is 4. The summed E-state index contributed by atoms with van der Waals surface area (Å²) in [6, 6.07) is 10.5. The highest BCUT2D eigenvalue weighted by atomic mass is 19.1. The fraction of sp³-hybridized carbons (Fsp3) is 0.118. The summed E-state index contributed by atoms with van der Waals surface area (Å²) in [6.07, 6.45) is 0. The van der Waals surface area contributed by atoms with E-state index in [-0.39, 0.29) is 12.1 Å². The number of nitrogens with one attached hydrogen (secondary N) is 2. The SMILES string of the molecule is Cc1ccc(-c2n[nH]c(CNC(=O)c3ccc(F)cc3F)n2)cc1. The summed E-state index contributed by atoms with van der Waals surface area (Å²) in [4.78, 5) is 16.2. The molecule has 0 spiro atoms. The molecule has 0 saturated heterocycles. The number of nitrogens with zero attached hydrogens (tertiary/aromatic N) is 2. The molecule has 7 heteroatoms. The van der Waals surface area contributed by atoms with Gasteiger partial charge in [-0.1, -0.05) is 29.8 Å². The van der Waals surface area contributed by atoms with E-state index in [0.717, 1.165) is 23.3 Å². The minimum Gasteiger partial charge on any atom is -0.345 e. The number of H-pyrrole nitrogens is 1. The molecule has 3 aromatic rings. The second kappa shape index (κ2) is 6.57. The van der Waals surface area contributed by atoms with Gasteiger partial charge in [0, 0.05) is 11.6 Å². The number of amides is 1. The van der Waals surface area contributed by atoms with Crippen LogP contribution in [0.1, 0.15) is 21.7 Å². The van der Waals surface area contributed by atoms with Crippen LogP contribution in [0.3, 0.4) is 0 Å². The van der Waals surface area contributed by atoms with Gasteiger partial charge in [0.25, 0.3) is 5.91 Å². The number of benzene rings is 2. The Bertz CT molecular complexity index is 875. The second-order valence-electron chi connectivity index (χ2n) is 5.28. The number of carbonyl (C=O) groups excluding carboxylic acids is 1. The van der Waals surface area contributed by atoms with E-state index in [9.17, 15) is 13.6 Å². The van der Waals surface area contributed by atoms with Gasteiger partial charge in [0.2, 0.25) is 0 Å². The Kier molecular flexibility index (Phi) is 4.33. The standard InChI is InChI=1S/C17H14F2N4O/c1-10-2-4-11(5-3-10)16-21-15(22-23-16)9-20-17(24)13-7-6-12(18)8-14(13)19/h2-8H,9H2,1H3,(H,20,24)(H,21,22,23). The van der Waals surface area contributed by atoms with Crippen molar-refractivity contribution in [2.24, 2.45) is 0 Å². The van der Waals surface area contributed by atoms with Gasteiger partial charge in [-0.25, -0.2) is 13.8 Å². The number of carbonyl (C=O) groups is 1. The first-order valence-corrected chi connectivity index (χ1v) is 7.24. The Balaban J connectivity index is 1.67. The third-order valence-corrected chi connectivity index (χ3v) is 3.43. The lowest BCUT2D eigenvalue weighted by atomic mass is 10.1. The van der Waals surface area contributed by atoms with Crippen LogP contribution in [-0.4, -0.2) is 21.1 Å². The Morgan fingerprint density at radius 1 is 1.17 bits per heavy atom. The predicted octanol–water partition coefficient (Wildman–Crippen LogP) is 2.99. The lowest BCUT2D eigenvalue weighted by Gasteiger charge is -2.04. The van der Waals surface area contributed by atoms with Crippen molar-refractivity contribution in [1.82, 2.24) is 20.5 Å². The van der Waals surface area contributed by atoms with Crippen molar-refractivity contribution in [3.63, 3.8) is 0 Å². The minimum atomic E-state index is -0.912. The van der Waals surface area contributed by atoms with Crippen LogP contribution in [0.4, 0.5) is 8.78 Å². The second-order valence-corrected chi connectivity index (χ2v) is 5.28. The third kappa shape index (κ3) is 3.45. The fourth-order valence-electron chi connectivity index (χ4n) is 2.14. The molecule has 0 fully saturated rings. The van der Waals surface area contributed by atoms with Crippen molar-refractivity contribution in [2.45, 2.75) is 13.5 Å². The van der Waals surface area contributed by atoms with Crippen molar-refractivity contribution in [3.8, 4) is 11.4 Å². The number of hydrogen-bond acceptors (Lipinski definition) is 3. The number of aromatic amines is 1. The van der Waals surface area contributed by atoms with Gasteiger partial charge in [-0.3, -0.25) is 9.89 Å². The van der Waals surface area contributed by atoms with Crippen LogP contribution in [0.2, 0.25) is 0 Å². The molecule has 1 amide bonds. The highest BCUT2D eigenvalue weighted by molar-refractivity contribution is 5.94. The van der Waals surface area contributed by atoms with E-state index >= 15 is 0 Å². The average Bonchev–Trinajstić information content (AvgIpc) is 3.02. The van der Waals surface area contributed by atoms with Gasteiger partial charge in [0.05, 0.1) is 12.1 Å². The summed E-state index contributed by atoms with van der Waals surface area (Å²) in [5.41, 5.74) is 1.75. The summed E-state index contributed by atoms with van der Waals surface area (Å²) in [6.45, 7) is 2.03. The molecule has 1 aromatic heterocycles. The number of aromatic nitrogens is 3. The van der Waals surface area contributed by atoms with Crippen molar-refractivity contribution >= 4 is 5.91 Å². The van der Waals surface area contributed by atoms with Crippen molar-refractivity contribution in [2.75, 3.05) is 0 Å². The van der Waals surface area contributed by atoms with E-state index in [2.05, 4.69) is 20.5 Å². The average molecular weight is 328 g/mol. The molecule has 0 atom stereocenters. The summed E-state index contributed by atoms with van der Waals surface area (Å²) < 4.78 is 26.4. The molecular formula is C17H14F2N4O. The van der Waals surface area contributed by atoms with Gasteiger partial charge in [-0.15, -0.1) is 0 Å². The quantitative estimate of drug-likeness (QED) is 0.773. The number of hydrogen-bond donors (Lipinski definition) is 2. The molecule has 0 aliphatic heterocycles. The summed E-state index contributed by atoms with van der Waals surface area (Å²) >= 11 is 0. The van der Waals surface area contributed by atoms with Crippen molar-refractivity contribution < 1.29 is 13.6 Å². The van der Waals surface area contributed by atoms with Crippen molar-refractivity contribution in [3.05, 3.63) is 71.1 Å². The highest BCUT2D eigenvalue weighted by Crippen LogP contribution is 2.15. The third-order valence-electron chi connectivity index (χ3n) is 3.43. The largest absolute Gasteiger partial charge is 0.345 e. The molecular weight excluding hydrogens is 314 g/mol. The van der Waals surface area contributed by atoms with Crippen LogP contribution >= 0.6 is 0 Å². The fourth-order valence-corrected chi connectivity index (χ4v) is 2.14. The van der Waals surface area contributed by atoms with Crippen LogP contribution in [0.25, 0.3) is 11.4 Å². The Morgan fingerprint density at radius 2 is 1.92 bits per heavy atom. The maximum Gasteiger partial charge on any atom is 0.254 e. The zero-order chi connectivity index (χ0) is 17.1. The van der Waals surface area contributed by atoms with Gasteiger partial charge >= 0.3 is 0 Å². The van der Waals surface area contributed by atoms with Crippen LogP contribution in [0.15, 0.2) is 42.5 Å². The van der Waals surface area contributed by atoms with E-state index < -0.39 is 17.5 Å². The van der Waals surface area contributed by atoms with Crippen LogP contribution in [0, 0.1) is 18.6 Å². The predicted molar refractivity (Wildman–Crippen MR) is 84.1 cm³/mol. The van der Waals surface area contributed by atoms with E-state index in [4.69, 9.17) is 0 Å². The molecule has 24 heavy (non-hydrogen) atoms. The number of halogens is 2. The lowest BCUT2D eigenvalue weighted by molar-refractivity contribution is 0.0946. The molecule has 1 heterocycles. The molecule has 0 aliphatic rings. The van der Waals surface area contributed by atoms with E-state index in [1.807, 2.05) is 31.2 Å². The van der Waals surface area contributed by atoms with Gasteiger partial charge in [-0.05, 0) is 19.1 Å². The first kappa shape index (κ1) is 15.8. The zero-order valence-corrected chi connectivity index (χ0v) is 12.8. The Morgan fingerprint density at radius 3 is 2.62 bits per heavy atom. The van der Waals surface area contributed by atoms with E-state index in [1.54, 1.807) is 0 Å². The topological polar surface area (TPSA) is 70.7 Å². The number of aryl methyl sites for hydroxylation is 1. The Labute approximate surface area is 136 Å². The van der Waals surface area contributed by atoms with Gasteiger partial charge in [0.15, 0.2) is 5.82 Å². The highest BCUT2D eigenvalue weighted by Gasteiger charge is 2.13. The van der Waals surface area contributed by atoms with E-state index in [0.29, 0.717) is 17.7 Å². The first-order valence-electron chi connectivity index (χ1n) is 7.24. The normalized spacial score (nSPS) is 10.6. The minimum absolute atomic E-state index is 0.0501. The van der Waals surface area contributed by atoms with Gasteiger partial charge in [-0.2, -0.15) is 5.10 Å². The molecule has 2 aromatic carbocycles. The van der Waals surface area contributed by atoms with Gasteiger partial charge in [0.1, 0.15) is 17.5 Å². The summed E-state index contributed by atoms with van der Waals surface area (Å²) in [7, 11) is 0. The maximum atomic E-state index is 13.5. The lowest BCUT2D eigenvalue weighted by Crippen LogP contribution is -2.24. The Hall–Kier alpha value is -3.09.